The lowest BCUT2D eigenvalue weighted by Crippen LogP contribution is -2.39. The second-order valence-electron chi connectivity index (χ2n) is 5.59. The van der Waals surface area contributed by atoms with Gasteiger partial charge in [0.2, 0.25) is 0 Å². The van der Waals surface area contributed by atoms with Crippen molar-refractivity contribution in [1.29, 1.82) is 0 Å². The lowest BCUT2D eigenvalue weighted by molar-refractivity contribution is -0.133. The van der Waals surface area contributed by atoms with Crippen LogP contribution in [0.1, 0.15) is 51.4 Å². The van der Waals surface area contributed by atoms with Crippen molar-refractivity contribution in [2.24, 2.45) is 11.8 Å². The van der Waals surface area contributed by atoms with Gasteiger partial charge in [0.1, 0.15) is 5.78 Å². The Morgan fingerprint density at radius 2 is 1.76 bits per heavy atom. The van der Waals surface area contributed by atoms with E-state index in [1.807, 2.05) is 0 Å². The molecular formula is C14H24O3. The highest BCUT2D eigenvalue weighted by molar-refractivity contribution is 5.83. The van der Waals surface area contributed by atoms with Gasteiger partial charge in [-0.3, -0.25) is 4.79 Å². The molecule has 0 bridgehead atoms. The second-order valence-corrected chi connectivity index (χ2v) is 5.59. The summed E-state index contributed by atoms with van der Waals surface area (Å²) in [7, 11) is 1.63. The van der Waals surface area contributed by atoms with Crippen LogP contribution in [0.2, 0.25) is 0 Å². The Labute approximate surface area is 104 Å². The molecule has 2 aliphatic carbocycles. The molecule has 0 aromatic heterocycles. The molecule has 0 amide bonds. The van der Waals surface area contributed by atoms with E-state index in [4.69, 9.17) is 4.74 Å². The molecule has 0 spiro atoms. The molecule has 2 aliphatic rings. The van der Waals surface area contributed by atoms with Gasteiger partial charge in [0, 0.05) is 18.9 Å². The second kappa shape index (κ2) is 5.96. The third kappa shape index (κ3) is 3.08. The van der Waals surface area contributed by atoms with E-state index in [1.54, 1.807) is 7.11 Å². The van der Waals surface area contributed by atoms with Crippen molar-refractivity contribution in [1.82, 2.24) is 0 Å². The summed E-state index contributed by atoms with van der Waals surface area (Å²) in [4.78, 5) is 12.4. The fraction of sp³-hybridized carbons (Fsp3) is 0.929. The van der Waals surface area contributed by atoms with Crippen LogP contribution in [0.5, 0.6) is 0 Å². The van der Waals surface area contributed by atoms with Crippen LogP contribution in [-0.4, -0.2) is 30.2 Å². The Morgan fingerprint density at radius 3 is 2.41 bits per heavy atom. The van der Waals surface area contributed by atoms with Crippen molar-refractivity contribution in [2.45, 2.75) is 63.6 Å². The summed E-state index contributed by atoms with van der Waals surface area (Å²) >= 11 is 0. The Morgan fingerprint density at radius 1 is 1.06 bits per heavy atom. The number of Topliss-reactive ketones (excluding diaryl/α,β-unsaturated/α-hetero) is 1. The summed E-state index contributed by atoms with van der Waals surface area (Å²) in [6.07, 6.45) is 7.61. The van der Waals surface area contributed by atoms with Crippen LogP contribution in [0.25, 0.3) is 0 Å². The summed E-state index contributed by atoms with van der Waals surface area (Å²) in [6, 6.07) is 0. The minimum atomic E-state index is -0.379. The maximum absolute atomic E-state index is 12.4. The maximum Gasteiger partial charge on any atom is 0.139 e. The molecule has 3 atom stereocenters. The zero-order valence-corrected chi connectivity index (χ0v) is 10.7. The molecule has 0 aromatic carbocycles. The van der Waals surface area contributed by atoms with Gasteiger partial charge in [-0.15, -0.1) is 0 Å². The van der Waals surface area contributed by atoms with Gasteiger partial charge in [-0.1, -0.05) is 19.3 Å². The molecule has 3 heteroatoms. The Hall–Kier alpha value is -0.410. The Bertz CT molecular complexity index is 258. The number of ketones is 1. The molecule has 3 unspecified atom stereocenters. The van der Waals surface area contributed by atoms with Gasteiger partial charge in [0.25, 0.3) is 0 Å². The van der Waals surface area contributed by atoms with E-state index in [0.717, 1.165) is 19.3 Å². The Kier molecular flexibility index (Phi) is 4.57. The lowest BCUT2D eigenvalue weighted by atomic mass is 9.75. The third-order valence-electron chi connectivity index (χ3n) is 4.47. The number of hydrogen-bond acceptors (Lipinski definition) is 3. The van der Waals surface area contributed by atoms with Crippen LogP contribution in [0.4, 0.5) is 0 Å². The highest BCUT2D eigenvalue weighted by Gasteiger charge is 2.35. The number of rotatable bonds is 3. The van der Waals surface area contributed by atoms with Crippen molar-refractivity contribution >= 4 is 5.78 Å². The smallest absolute Gasteiger partial charge is 0.139 e. The molecule has 2 rings (SSSR count). The third-order valence-corrected chi connectivity index (χ3v) is 4.47. The number of methoxy groups -OCH3 is 1. The molecule has 0 saturated heterocycles. The molecule has 2 saturated carbocycles. The predicted octanol–water partition coefficient (Wildman–Crippen LogP) is 2.31. The van der Waals surface area contributed by atoms with Crippen molar-refractivity contribution in [3.63, 3.8) is 0 Å². The summed E-state index contributed by atoms with van der Waals surface area (Å²) in [5, 5.41) is 9.74. The summed E-state index contributed by atoms with van der Waals surface area (Å²) < 4.78 is 5.27. The standard InChI is InChI=1S/C14H24O3/c1-17-13-9-11(7-8-12(13)15)14(16)10-5-3-2-4-6-10/h10-13,15H,2-9H2,1H3. The molecule has 0 heterocycles. The van der Waals surface area contributed by atoms with E-state index in [9.17, 15) is 9.90 Å². The SMILES string of the molecule is COC1CC(C(=O)C2CCCCC2)CCC1O. The number of ether oxygens (including phenoxy) is 1. The molecule has 1 N–H and O–H groups in total. The average molecular weight is 240 g/mol. The van der Waals surface area contributed by atoms with Gasteiger partial charge in [-0.2, -0.15) is 0 Å². The molecule has 0 aromatic rings. The van der Waals surface area contributed by atoms with Crippen molar-refractivity contribution < 1.29 is 14.6 Å². The fourth-order valence-electron chi connectivity index (χ4n) is 3.35. The number of aliphatic hydroxyl groups is 1. The molecule has 2 fully saturated rings. The highest BCUT2D eigenvalue weighted by Crippen LogP contribution is 2.33. The first-order valence-corrected chi connectivity index (χ1v) is 6.97. The lowest BCUT2D eigenvalue weighted by Gasteiger charge is -2.34. The van der Waals surface area contributed by atoms with E-state index >= 15 is 0 Å². The number of carbonyl (C=O) groups excluding carboxylic acids is 1. The minimum Gasteiger partial charge on any atom is -0.390 e. The molecular weight excluding hydrogens is 216 g/mol. The Balaban J connectivity index is 1.90. The summed E-state index contributed by atoms with van der Waals surface area (Å²) in [5.74, 6) is 0.867. The van der Waals surface area contributed by atoms with Crippen LogP contribution < -0.4 is 0 Å². The van der Waals surface area contributed by atoms with E-state index in [0.29, 0.717) is 24.5 Å². The van der Waals surface area contributed by atoms with Gasteiger partial charge in [-0.05, 0) is 32.1 Å². The largest absolute Gasteiger partial charge is 0.390 e. The number of hydrogen-bond donors (Lipinski definition) is 1. The van der Waals surface area contributed by atoms with Crippen LogP contribution in [0.15, 0.2) is 0 Å². The molecule has 0 aliphatic heterocycles. The van der Waals surface area contributed by atoms with Gasteiger partial charge >= 0.3 is 0 Å². The first-order chi connectivity index (χ1) is 8.22. The van der Waals surface area contributed by atoms with Gasteiger partial charge in [0.05, 0.1) is 12.2 Å². The average Bonchev–Trinajstić information content (AvgIpc) is 2.39. The normalized spacial score (nSPS) is 35.8. The fourth-order valence-corrected chi connectivity index (χ4v) is 3.35. The minimum absolute atomic E-state index is 0.131. The molecule has 98 valence electrons. The van der Waals surface area contributed by atoms with E-state index in [2.05, 4.69) is 0 Å². The quantitative estimate of drug-likeness (QED) is 0.823. The molecule has 3 nitrogen and oxygen atoms in total. The number of aliphatic hydroxyl groups excluding tert-OH is 1. The summed E-state index contributed by atoms with van der Waals surface area (Å²) in [6.45, 7) is 0. The summed E-state index contributed by atoms with van der Waals surface area (Å²) in [5.41, 5.74) is 0. The van der Waals surface area contributed by atoms with E-state index in [1.165, 1.54) is 19.3 Å². The molecule has 0 radical (unpaired) electrons. The maximum atomic E-state index is 12.4. The van der Waals surface area contributed by atoms with E-state index in [-0.39, 0.29) is 18.1 Å². The van der Waals surface area contributed by atoms with Crippen LogP contribution >= 0.6 is 0 Å². The van der Waals surface area contributed by atoms with Crippen molar-refractivity contribution in [2.75, 3.05) is 7.11 Å². The monoisotopic (exact) mass is 240 g/mol. The van der Waals surface area contributed by atoms with Crippen molar-refractivity contribution in [3.8, 4) is 0 Å². The first-order valence-electron chi connectivity index (χ1n) is 6.97. The number of carbonyl (C=O) groups is 1. The van der Waals surface area contributed by atoms with Crippen LogP contribution in [0, 0.1) is 11.8 Å². The van der Waals surface area contributed by atoms with Gasteiger partial charge < -0.3 is 9.84 Å². The predicted molar refractivity (Wildman–Crippen MR) is 65.7 cm³/mol. The molecule has 17 heavy (non-hydrogen) atoms. The van der Waals surface area contributed by atoms with Gasteiger partial charge in [0.15, 0.2) is 0 Å². The highest BCUT2D eigenvalue weighted by atomic mass is 16.5. The first kappa shape index (κ1) is 13.0. The van der Waals surface area contributed by atoms with Gasteiger partial charge in [-0.25, -0.2) is 0 Å². The van der Waals surface area contributed by atoms with E-state index < -0.39 is 0 Å². The zero-order valence-electron chi connectivity index (χ0n) is 10.7. The zero-order chi connectivity index (χ0) is 12.3. The van der Waals surface area contributed by atoms with Crippen molar-refractivity contribution in [3.05, 3.63) is 0 Å². The topological polar surface area (TPSA) is 46.5 Å². The van der Waals surface area contributed by atoms with Crippen LogP contribution in [-0.2, 0) is 9.53 Å². The van der Waals surface area contributed by atoms with Crippen LogP contribution in [0.3, 0.4) is 0 Å².